The Kier molecular flexibility index (Phi) is 3.90. The predicted molar refractivity (Wildman–Crippen MR) is 77.6 cm³/mol. The lowest BCUT2D eigenvalue weighted by Crippen LogP contribution is -2.16. The van der Waals surface area contributed by atoms with Gasteiger partial charge in [0.05, 0.1) is 9.82 Å². The van der Waals surface area contributed by atoms with Gasteiger partial charge in [-0.25, -0.2) is 13.4 Å². The van der Waals surface area contributed by atoms with Crippen LogP contribution in [-0.2, 0) is 10.0 Å². The van der Waals surface area contributed by atoms with Crippen molar-refractivity contribution in [1.29, 1.82) is 0 Å². The fourth-order valence-corrected chi connectivity index (χ4v) is 3.11. The lowest BCUT2D eigenvalue weighted by atomic mass is 10.2. The molecule has 7 nitrogen and oxygen atoms in total. The number of anilines is 1. The summed E-state index contributed by atoms with van der Waals surface area (Å²) < 4.78 is 27.1. The third-order valence-electron chi connectivity index (χ3n) is 2.91. The molecule has 0 atom stereocenters. The number of nitrogens with zero attached hydrogens (tertiary/aromatic N) is 2. The third kappa shape index (κ3) is 3.16. The molecule has 0 unspecified atom stereocenters. The molecule has 1 N–H and O–H groups in total. The Labute approximate surface area is 121 Å². The molecule has 21 heavy (non-hydrogen) atoms. The molecule has 0 saturated heterocycles. The Morgan fingerprint density at radius 3 is 2.52 bits per heavy atom. The molecule has 1 aromatic heterocycles. The van der Waals surface area contributed by atoms with E-state index >= 15 is 0 Å². The summed E-state index contributed by atoms with van der Waals surface area (Å²) in [6.45, 7) is 3.29. The summed E-state index contributed by atoms with van der Waals surface area (Å²) in [5, 5.41) is 10.8. The number of nitro benzene ring substituents is 1. The fraction of sp³-hybridized carbons (Fsp3) is 0.154. The number of nitro groups is 1. The normalized spacial score (nSPS) is 11.1. The standard InChI is InChI=1S/C13H13N3O4S/c1-9-5-6-11(16(17)18)8-12(9)21(19,20)15-13-10(2)4-3-7-14-13/h3-8H,1-2H3,(H,14,15). The van der Waals surface area contributed by atoms with Crippen molar-refractivity contribution in [2.24, 2.45) is 0 Å². The molecule has 0 fully saturated rings. The molecule has 0 amide bonds. The second kappa shape index (κ2) is 5.49. The highest BCUT2D eigenvalue weighted by atomic mass is 32.2. The van der Waals surface area contributed by atoms with Gasteiger partial charge < -0.3 is 0 Å². The van der Waals surface area contributed by atoms with Gasteiger partial charge in [0, 0.05) is 18.3 Å². The monoisotopic (exact) mass is 307 g/mol. The third-order valence-corrected chi connectivity index (χ3v) is 4.39. The first kappa shape index (κ1) is 14.9. The Morgan fingerprint density at radius 1 is 1.19 bits per heavy atom. The van der Waals surface area contributed by atoms with Gasteiger partial charge in [-0.3, -0.25) is 14.8 Å². The molecule has 0 bridgehead atoms. The van der Waals surface area contributed by atoms with Gasteiger partial charge >= 0.3 is 0 Å². The van der Waals surface area contributed by atoms with Crippen LogP contribution >= 0.6 is 0 Å². The maximum absolute atomic E-state index is 12.4. The van der Waals surface area contributed by atoms with E-state index in [4.69, 9.17) is 0 Å². The lowest BCUT2D eigenvalue weighted by Gasteiger charge is -2.11. The molecule has 0 radical (unpaired) electrons. The first-order valence-electron chi connectivity index (χ1n) is 6.01. The number of rotatable bonds is 4. The second-order valence-electron chi connectivity index (χ2n) is 4.48. The largest absolute Gasteiger partial charge is 0.270 e. The number of aromatic nitrogens is 1. The van der Waals surface area contributed by atoms with Crippen LogP contribution in [0.1, 0.15) is 11.1 Å². The van der Waals surface area contributed by atoms with E-state index < -0.39 is 14.9 Å². The van der Waals surface area contributed by atoms with Crippen molar-refractivity contribution in [3.63, 3.8) is 0 Å². The van der Waals surface area contributed by atoms with Crippen molar-refractivity contribution in [3.8, 4) is 0 Å². The molecular weight excluding hydrogens is 294 g/mol. The number of nitrogens with one attached hydrogen (secondary N) is 1. The summed E-state index contributed by atoms with van der Waals surface area (Å²) in [6, 6.07) is 7.10. The van der Waals surface area contributed by atoms with Gasteiger partial charge in [-0.2, -0.15) is 0 Å². The quantitative estimate of drug-likeness (QED) is 0.690. The summed E-state index contributed by atoms with van der Waals surface area (Å²) in [5.41, 5.74) is 0.796. The van der Waals surface area contributed by atoms with Gasteiger partial charge in [0.1, 0.15) is 5.82 Å². The Morgan fingerprint density at radius 2 is 1.90 bits per heavy atom. The van der Waals surface area contributed by atoms with Gasteiger partial charge in [0.2, 0.25) is 0 Å². The number of pyridine rings is 1. The molecule has 110 valence electrons. The van der Waals surface area contributed by atoms with E-state index in [1.165, 1.54) is 18.3 Å². The number of sulfonamides is 1. The Hall–Kier alpha value is -2.48. The van der Waals surface area contributed by atoms with Gasteiger partial charge in [-0.1, -0.05) is 12.1 Å². The minimum absolute atomic E-state index is 0.137. The molecule has 0 aliphatic carbocycles. The fourth-order valence-electron chi connectivity index (χ4n) is 1.77. The highest BCUT2D eigenvalue weighted by molar-refractivity contribution is 7.92. The number of non-ortho nitro benzene ring substituents is 1. The van der Waals surface area contributed by atoms with Crippen LogP contribution in [0.15, 0.2) is 41.4 Å². The first-order valence-corrected chi connectivity index (χ1v) is 7.49. The van der Waals surface area contributed by atoms with Gasteiger partial charge in [-0.05, 0) is 31.0 Å². The molecule has 0 saturated carbocycles. The Balaban J connectivity index is 2.47. The van der Waals surface area contributed by atoms with E-state index in [2.05, 4.69) is 9.71 Å². The smallest absolute Gasteiger partial charge is 0.263 e. The van der Waals surface area contributed by atoms with Gasteiger partial charge in [0.25, 0.3) is 15.7 Å². The van der Waals surface area contributed by atoms with Crippen LogP contribution in [0.3, 0.4) is 0 Å². The number of benzene rings is 1. The highest BCUT2D eigenvalue weighted by Gasteiger charge is 2.21. The molecule has 2 aromatic rings. The average Bonchev–Trinajstić information content (AvgIpc) is 2.41. The van der Waals surface area contributed by atoms with Crippen LogP contribution in [0.5, 0.6) is 0 Å². The zero-order chi connectivity index (χ0) is 15.6. The van der Waals surface area contributed by atoms with Crippen LogP contribution < -0.4 is 4.72 Å². The molecule has 1 aromatic carbocycles. The number of hydrogen-bond donors (Lipinski definition) is 1. The van der Waals surface area contributed by atoms with Crippen LogP contribution in [0.25, 0.3) is 0 Å². The van der Waals surface area contributed by atoms with E-state index in [1.807, 2.05) is 0 Å². The number of hydrogen-bond acceptors (Lipinski definition) is 5. The molecule has 8 heteroatoms. The lowest BCUT2D eigenvalue weighted by molar-refractivity contribution is -0.385. The predicted octanol–water partition coefficient (Wildman–Crippen LogP) is 2.41. The maximum Gasteiger partial charge on any atom is 0.270 e. The van der Waals surface area contributed by atoms with Crippen LogP contribution in [-0.4, -0.2) is 18.3 Å². The van der Waals surface area contributed by atoms with Crippen molar-refractivity contribution < 1.29 is 13.3 Å². The van der Waals surface area contributed by atoms with Crippen LogP contribution in [0.4, 0.5) is 11.5 Å². The summed E-state index contributed by atoms with van der Waals surface area (Å²) in [7, 11) is -3.94. The topological polar surface area (TPSA) is 102 Å². The van der Waals surface area contributed by atoms with E-state index in [9.17, 15) is 18.5 Å². The minimum Gasteiger partial charge on any atom is -0.263 e. The first-order chi connectivity index (χ1) is 9.81. The maximum atomic E-state index is 12.4. The average molecular weight is 307 g/mol. The Bertz CT molecular complexity index is 803. The van der Waals surface area contributed by atoms with Gasteiger partial charge in [-0.15, -0.1) is 0 Å². The summed E-state index contributed by atoms with van der Waals surface area (Å²) in [6.07, 6.45) is 1.46. The summed E-state index contributed by atoms with van der Waals surface area (Å²) in [5.74, 6) is 0.198. The van der Waals surface area contributed by atoms with Crippen molar-refractivity contribution in [2.45, 2.75) is 18.7 Å². The highest BCUT2D eigenvalue weighted by Crippen LogP contribution is 2.24. The van der Waals surface area contributed by atoms with E-state index in [1.54, 1.807) is 26.0 Å². The zero-order valence-electron chi connectivity index (χ0n) is 11.4. The van der Waals surface area contributed by atoms with E-state index in [0.29, 0.717) is 11.1 Å². The molecule has 0 aliphatic rings. The van der Waals surface area contributed by atoms with Crippen molar-refractivity contribution in [3.05, 3.63) is 57.8 Å². The van der Waals surface area contributed by atoms with E-state index in [0.717, 1.165) is 6.07 Å². The van der Waals surface area contributed by atoms with Crippen LogP contribution in [0.2, 0.25) is 0 Å². The minimum atomic E-state index is -3.94. The molecule has 0 spiro atoms. The van der Waals surface area contributed by atoms with Gasteiger partial charge in [0.15, 0.2) is 0 Å². The summed E-state index contributed by atoms with van der Waals surface area (Å²) in [4.78, 5) is 14.0. The molecular formula is C13H13N3O4S. The van der Waals surface area contributed by atoms with Crippen molar-refractivity contribution in [1.82, 2.24) is 4.98 Å². The SMILES string of the molecule is Cc1ccc([N+](=O)[O-])cc1S(=O)(=O)Nc1ncccc1C. The van der Waals surface area contributed by atoms with E-state index in [-0.39, 0.29) is 16.4 Å². The summed E-state index contributed by atoms with van der Waals surface area (Å²) >= 11 is 0. The molecule has 2 rings (SSSR count). The van der Waals surface area contributed by atoms with Crippen LogP contribution in [0, 0.1) is 24.0 Å². The zero-order valence-corrected chi connectivity index (χ0v) is 12.2. The molecule has 0 aliphatic heterocycles. The van der Waals surface area contributed by atoms with Crippen molar-refractivity contribution in [2.75, 3.05) is 4.72 Å². The second-order valence-corrected chi connectivity index (χ2v) is 6.13. The van der Waals surface area contributed by atoms with Crippen molar-refractivity contribution >= 4 is 21.5 Å². The number of aryl methyl sites for hydroxylation is 2. The molecule has 1 heterocycles.